The van der Waals surface area contributed by atoms with E-state index in [9.17, 15) is 5.11 Å². The minimum absolute atomic E-state index is 0.137. The van der Waals surface area contributed by atoms with Gasteiger partial charge >= 0.3 is 7.48 Å². The van der Waals surface area contributed by atoms with Gasteiger partial charge in [0.15, 0.2) is 0 Å². The van der Waals surface area contributed by atoms with Crippen molar-refractivity contribution in [2.24, 2.45) is 0 Å². The van der Waals surface area contributed by atoms with Crippen molar-refractivity contribution in [2.45, 2.75) is 70.3 Å². The molecule has 1 unspecified atom stereocenters. The summed E-state index contributed by atoms with van der Waals surface area (Å²) < 4.78 is 11.8. The lowest BCUT2D eigenvalue weighted by molar-refractivity contribution is -0.105. The largest absolute Gasteiger partial charge is 0.493 e. The van der Waals surface area contributed by atoms with Gasteiger partial charge in [0.25, 0.3) is 0 Å². The average Bonchev–Trinajstić information content (AvgIpc) is 2.45. The molecular formula is C18H28BO3S. The average molecular weight is 335 g/mol. The number of rotatable bonds is 6. The first-order valence-corrected chi connectivity index (χ1v) is 8.82. The zero-order chi connectivity index (χ0) is 17.3. The van der Waals surface area contributed by atoms with E-state index in [4.69, 9.17) is 9.39 Å². The van der Waals surface area contributed by atoms with E-state index in [0.717, 1.165) is 30.7 Å². The van der Waals surface area contributed by atoms with Crippen LogP contribution < -0.4 is 10.2 Å². The minimum Gasteiger partial charge on any atom is -0.493 e. The van der Waals surface area contributed by atoms with Gasteiger partial charge in [-0.05, 0) is 64.2 Å². The topological polar surface area (TPSA) is 38.7 Å². The van der Waals surface area contributed by atoms with E-state index in [1.165, 1.54) is 11.1 Å². The quantitative estimate of drug-likeness (QED) is 0.620. The molecule has 0 saturated heterocycles. The predicted octanol–water partition coefficient (Wildman–Crippen LogP) is 2.82. The number of hydrogen-bond acceptors (Lipinski definition) is 4. The summed E-state index contributed by atoms with van der Waals surface area (Å²) in [5, 5.41) is 10.7. The molecule has 1 aromatic rings. The van der Waals surface area contributed by atoms with Crippen LogP contribution in [0, 0.1) is 6.92 Å². The van der Waals surface area contributed by atoms with Gasteiger partial charge in [0, 0.05) is 5.25 Å². The van der Waals surface area contributed by atoms with Crippen molar-refractivity contribution in [1.29, 1.82) is 0 Å². The maximum absolute atomic E-state index is 10.5. The van der Waals surface area contributed by atoms with Gasteiger partial charge < -0.3 is 14.5 Å². The number of aliphatic hydroxyl groups is 1. The lowest BCUT2D eigenvalue weighted by atomic mass is 9.77. The summed E-state index contributed by atoms with van der Waals surface area (Å²) in [5.74, 6) is 0.986. The van der Waals surface area contributed by atoms with Gasteiger partial charge in [-0.15, -0.1) is 0 Å². The third kappa shape index (κ3) is 4.26. The first-order valence-electron chi connectivity index (χ1n) is 8.31. The van der Waals surface area contributed by atoms with Crippen LogP contribution in [0.5, 0.6) is 5.75 Å². The second-order valence-corrected chi connectivity index (χ2v) is 8.17. The fraction of sp³-hybridized carbons (Fsp3) is 0.667. The Morgan fingerprint density at radius 2 is 2.09 bits per heavy atom. The minimum atomic E-state index is -0.967. The molecule has 2 atom stereocenters. The Bertz CT molecular complexity index is 554. The van der Waals surface area contributed by atoms with Gasteiger partial charge in [0.05, 0.1) is 17.8 Å². The zero-order valence-electron chi connectivity index (χ0n) is 14.8. The molecule has 1 N–H and O–H groups in total. The molecular weight excluding hydrogens is 307 g/mol. The molecule has 0 aromatic heterocycles. The van der Waals surface area contributed by atoms with E-state index < -0.39 is 11.2 Å². The Morgan fingerprint density at radius 1 is 1.39 bits per heavy atom. The van der Waals surface area contributed by atoms with Gasteiger partial charge in [-0.2, -0.15) is 12.6 Å². The fourth-order valence-electron chi connectivity index (χ4n) is 2.95. The molecule has 5 heteroatoms. The highest BCUT2D eigenvalue weighted by Crippen LogP contribution is 2.32. The summed E-state index contributed by atoms with van der Waals surface area (Å²) in [7, 11) is 1.78. The van der Waals surface area contributed by atoms with Crippen LogP contribution in [0.25, 0.3) is 0 Å². The predicted molar refractivity (Wildman–Crippen MR) is 99.2 cm³/mol. The zero-order valence-corrected chi connectivity index (χ0v) is 15.7. The fourth-order valence-corrected chi connectivity index (χ4v) is 3.30. The highest BCUT2D eigenvalue weighted by atomic mass is 32.1. The van der Waals surface area contributed by atoms with Crippen molar-refractivity contribution in [1.82, 2.24) is 0 Å². The molecule has 0 fully saturated rings. The maximum Gasteiger partial charge on any atom is 0.331 e. The van der Waals surface area contributed by atoms with Crippen molar-refractivity contribution >= 4 is 25.6 Å². The summed E-state index contributed by atoms with van der Waals surface area (Å²) >= 11 is 4.47. The van der Waals surface area contributed by atoms with Crippen molar-refractivity contribution in [3.05, 3.63) is 23.3 Å². The molecule has 23 heavy (non-hydrogen) atoms. The van der Waals surface area contributed by atoms with Crippen LogP contribution in [0.3, 0.4) is 0 Å². The van der Waals surface area contributed by atoms with E-state index in [1.807, 2.05) is 26.0 Å². The molecule has 1 aromatic carbocycles. The molecule has 0 bridgehead atoms. The standard InChI is InChI=1S/C18H28BO3S/c1-12(23)11-18(5,17(3,4)20)22-19-15-8-9-16-14(13(15)2)7-6-10-21-16/h8-9,12,20,23H,6-7,10-11H2,1-5H3/t12-,18?/m1/s1. The molecule has 0 aliphatic carbocycles. The van der Waals surface area contributed by atoms with Crippen LogP contribution in [0.2, 0.25) is 0 Å². The second kappa shape index (κ2) is 7.08. The first kappa shape index (κ1) is 18.7. The van der Waals surface area contributed by atoms with Crippen LogP contribution >= 0.6 is 12.6 Å². The monoisotopic (exact) mass is 335 g/mol. The third-order valence-corrected chi connectivity index (χ3v) is 5.03. The lowest BCUT2D eigenvalue weighted by Gasteiger charge is -2.42. The van der Waals surface area contributed by atoms with Crippen LogP contribution in [0.4, 0.5) is 0 Å². The SMILES string of the molecule is Cc1c([B]OC(C)(C[C@@H](C)S)C(C)(C)O)ccc2c1CCCO2. The highest BCUT2D eigenvalue weighted by Gasteiger charge is 2.41. The number of benzene rings is 1. The van der Waals surface area contributed by atoms with Crippen LogP contribution in [-0.2, 0) is 11.1 Å². The van der Waals surface area contributed by atoms with Crippen LogP contribution in [0.1, 0.15) is 51.7 Å². The molecule has 0 spiro atoms. The van der Waals surface area contributed by atoms with Gasteiger partial charge in [0.2, 0.25) is 0 Å². The van der Waals surface area contributed by atoms with E-state index in [2.05, 4.69) is 19.6 Å². The molecule has 0 saturated carbocycles. The third-order valence-electron chi connectivity index (χ3n) is 4.85. The smallest absolute Gasteiger partial charge is 0.331 e. The first-order chi connectivity index (χ1) is 10.6. The van der Waals surface area contributed by atoms with Crippen LogP contribution in [0.15, 0.2) is 12.1 Å². The summed E-state index contributed by atoms with van der Waals surface area (Å²) in [4.78, 5) is 0. The summed E-state index contributed by atoms with van der Waals surface area (Å²) in [5.41, 5.74) is 1.83. The van der Waals surface area contributed by atoms with Crippen molar-refractivity contribution in [3.8, 4) is 5.75 Å². The summed E-state index contributed by atoms with van der Waals surface area (Å²) in [6.07, 6.45) is 2.75. The molecule has 3 nitrogen and oxygen atoms in total. The Morgan fingerprint density at radius 3 is 2.70 bits per heavy atom. The Labute approximate surface area is 146 Å². The second-order valence-electron chi connectivity index (χ2n) is 7.29. The summed E-state index contributed by atoms with van der Waals surface area (Å²) in [6, 6.07) is 4.04. The van der Waals surface area contributed by atoms with Gasteiger partial charge in [-0.3, -0.25) is 0 Å². The van der Waals surface area contributed by atoms with Crippen molar-refractivity contribution in [3.63, 3.8) is 0 Å². The van der Waals surface area contributed by atoms with E-state index >= 15 is 0 Å². The number of hydrogen-bond donors (Lipinski definition) is 2. The number of fused-ring (bicyclic) bond motifs is 1. The lowest BCUT2D eigenvalue weighted by Crippen LogP contribution is -2.53. The van der Waals surface area contributed by atoms with Crippen molar-refractivity contribution < 1.29 is 14.5 Å². The highest BCUT2D eigenvalue weighted by molar-refractivity contribution is 7.80. The van der Waals surface area contributed by atoms with Gasteiger partial charge in [0.1, 0.15) is 5.75 Å². The Balaban J connectivity index is 2.18. The Kier molecular flexibility index (Phi) is 5.75. The Hall–Kier alpha value is -0.645. The number of thiol groups is 1. The van der Waals surface area contributed by atoms with Crippen LogP contribution in [-0.4, -0.2) is 35.6 Å². The van der Waals surface area contributed by atoms with E-state index in [-0.39, 0.29) is 5.25 Å². The molecule has 2 rings (SSSR count). The maximum atomic E-state index is 10.5. The molecule has 1 heterocycles. The molecule has 1 radical (unpaired) electrons. The molecule has 0 amide bonds. The normalized spacial score (nSPS) is 18.6. The van der Waals surface area contributed by atoms with E-state index in [0.29, 0.717) is 6.42 Å². The molecule has 127 valence electrons. The van der Waals surface area contributed by atoms with Gasteiger partial charge in [-0.1, -0.05) is 18.5 Å². The van der Waals surface area contributed by atoms with E-state index in [1.54, 1.807) is 21.3 Å². The van der Waals surface area contributed by atoms with Crippen molar-refractivity contribution in [2.75, 3.05) is 6.61 Å². The summed E-state index contributed by atoms with van der Waals surface area (Å²) in [6.45, 7) is 10.4. The number of ether oxygens (including phenoxy) is 1. The molecule has 1 aliphatic heterocycles. The molecule has 1 aliphatic rings. The van der Waals surface area contributed by atoms with Gasteiger partial charge in [-0.25, -0.2) is 0 Å².